The molecule has 80 valence electrons. The minimum absolute atomic E-state index is 0.0433. The highest BCUT2D eigenvalue weighted by molar-refractivity contribution is 7.09. The first kappa shape index (κ1) is 10.6. The second kappa shape index (κ2) is 3.57. The largest absolute Gasteiger partial charge is 0.573 e. The van der Waals surface area contributed by atoms with Crippen LogP contribution in [0.25, 0.3) is 10.8 Å². The van der Waals surface area contributed by atoms with Gasteiger partial charge >= 0.3 is 6.36 Å². The molecular weight excluding hydrogens is 249 g/mol. The van der Waals surface area contributed by atoms with Crippen molar-refractivity contribution in [2.24, 2.45) is 0 Å². The minimum Gasteiger partial charge on any atom is -0.404 e. The highest BCUT2D eigenvalue weighted by atomic mass is 35.5. The highest BCUT2D eigenvalue weighted by Crippen LogP contribution is 2.34. The Balaban J connectivity index is 2.46. The molecule has 0 unspecified atom stereocenters. The minimum atomic E-state index is -4.71. The van der Waals surface area contributed by atoms with Crippen LogP contribution in [0.3, 0.4) is 0 Å². The third-order valence-electron chi connectivity index (χ3n) is 1.75. The van der Waals surface area contributed by atoms with Gasteiger partial charge in [-0.15, -0.1) is 13.2 Å². The summed E-state index contributed by atoms with van der Waals surface area (Å²) in [4.78, 5) is 0. The zero-order valence-electron chi connectivity index (χ0n) is 7.14. The van der Waals surface area contributed by atoms with E-state index in [1.807, 2.05) is 0 Å². The molecular formula is C9H4ClF3OS. The van der Waals surface area contributed by atoms with Crippen molar-refractivity contribution >= 4 is 33.7 Å². The molecule has 0 aliphatic heterocycles. The summed E-state index contributed by atoms with van der Waals surface area (Å²) in [6.07, 6.45) is -4.71. The van der Waals surface area contributed by atoms with E-state index in [0.29, 0.717) is 5.39 Å². The van der Waals surface area contributed by atoms with Crippen molar-refractivity contribution in [3.63, 3.8) is 0 Å². The van der Waals surface area contributed by atoms with Crippen LogP contribution in [0.4, 0.5) is 13.2 Å². The molecule has 0 amide bonds. The van der Waals surface area contributed by atoms with Gasteiger partial charge in [0, 0.05) is 0 Å². The summed E-state index contributed by atoms with van der Waals surface area (Å²) in [5.41, 5.74) is 0. The van der Waals surface area contributed by atoms with Crippen molar-refractivity contribution in [3.8, 4) is 5.75 Å². The lowest BCUT2D eigenvalue weighted by molar-refractivity contribution is -0.274. The fourth-order valence-electron chi connectivity index (χ4n) is 1.17. The van der Waals surface area contributed by atoms with Crippen molar-refractivity contribution in [1.82, 2.24) is 0 Å². The van der Waals surface area contributed by atoms with E-state index in [2.05, 4.69) is 4.74 Å². The van der Waals surface area contributed by atoms with E-state index in [1.54, 1.807) is 10.8 Å². The summed E-state index contributed by atoms with van der Waals surface area (Å²) in [6, 6.07) is 2.73. The van der Waals surface area contributed by atoms with Gasteiger partial charge in [-0.1, -0.05) is 11.6 Å². The molecule has 0 saturated carbocycles. The van der Waals surface area contributed by atoms with Gasteiger partial charge in [0.05, 0.1) is 5.02 Å². The molecule has 0 atom stereocenters. The molecule has 0 radical (unpaired) electrons. The van der Waals surface area contributed by atoms with Crippen LogP contribution in [0.1, 0.15) is 0 Å². The van der Waals surface area contributed by atoms with Crippen LogP contribution in [0.15, 0.2) is 22.9 Å². The van der Waals surface area contributed by atoms with Crippen LogP contribution in [0.5, 0.6) is 5.75 Å². The lowest BCUT2D eigenvalue weighted by Gasteiger charge is -2.10. The number of fused-ring (bicyclic) bond motifs is 1. The molecule has 0 N–H and O–H groups in total. The van der Waals surface area contributed by atoms with Crippen LogP contribution < -0.4 is 4.74 Å². The van der Waals surface area contributed by atoms with Gasteiger partial charge in [-0.3, -0.25) is 0 Å². The standard InChI is InChI=1S/C9H4ClF3OS/c10-7-1-5-3-15-4-6(5)2-8(7)14-9(11,12)13/h1-4H. The normalized spacial score (nSPS) is 12.0. The maximum atomic E-state index is 12.0. The summed E-state index contributed by atoms with van der Waals surface area (Å²) < 4.78 is 39.7. The number of rotatable bonds is 1. The maximum Gasteiger partial charge on any atom is 0.573 e. The van der Waals surface area contributed by atoms with Crippen molar-refractivity contribution < 1.29 is 17.9 Å². The molecule has 15 heavy (non-hydrogen) atoms. The summed E-state index contributed by atoms with van der Waals surface area (Å²) in [6.45, 7) is 0. The Labute approximate surface area is 92.0 Å². The van der Waals surface area contributed by atoms with E-state index >= 15 is 0 Å². The quantitative estimate of drug-likeness (QED) is 0.728. The lowest BCUT2D eigenvalue weighted by Crippen LogP contribution is -2.17. The number of halogens is 4. The first-order valence-corrected chi connectivity index (χ1v) is 5.19. The summed E-state index contributed by atoms with van der Waals surface area (Å²) >= 11 is 7.04. The second-order valence-corrected chi connectivity index (χ2v) is 3.98. The van der Waals surface area contributed by atoms with Crippen molar-refractivity contribution in [2.75, 3.05) is 0 Å². The van der Waals surface area contributed by atoms with Crippen LogP contribution in [0, 0.1) is 0 Å². The molecule has 1 aromatic heterocycles. The predicted molar refractivity (Wildman–Crippen MR) is 53.5 cm³/mol. The van der Waals surface area contributed by atoms with Crippen LogP contribution in [-0.4, -0.2) is 6.36 Å². The first-order chi connectivity index (χ1) is 6.96. The Morgan fingerprint density at radius 1 is 1.13 bits per heavy atom. The molecule has 1 aromatic carbocycles. The molecule has 0 saturated heterocycles. The first-order valence-electron chi connectivity index (χ1n) is 3.87. The zero-order chi connectivity index (χ0) is 11.1. The molecule has 0 bridgehead atoms. The number of ether oxygens (including phenoxy) is 1. The Hall–Kier alpha value is -0.940. The van der Waals surface area contributed by atoms with Gasteiger partial charge in [-0.2, -0.15) is 11.3 Å². The van der Waals surface area contributed by atoms with Crippen LogP contribution in [-0.2, 0) is 0 Å². The van der Waals surface area contributed by atoms with E-state index in [4.69, 9.17) is 11.6 Å². The summed E-state index contributed by atoms with van der Waals surface area (Å²) in [7, 11) is 0. The molecule has 0 aliphatic rings. The predicted octanol–water partition coefficient (Wildman–Crippen LogP) is 4.45. The van der Waals surface area contributed by atoms with E-state index < -0.39 is 6.36 Å². The monoisotopic (exact) mass is 252 g/mol. The number of hydrogen-bond acceptors (Lipinski definition) is 2. The molecule has 0 aliphatic carbocycles. The zero-order valence-corrected chi connectivity index (χ0v) is 8.71. The number of thiophene rings is 1. The van der Waals surface area contributed by atoms with E-state index in [0.717, 1.165) is 5.39 Å². The van der Waals surface area contributed by atoms with Crippen molar-refractivity contribution in [2.45, 2.75) is 6.36 Å². The Morgan fingerprint density at radius 3 is 2.33 bits per heavy atom. The molecule has 0 fully saturated rings. The van der Waals surface area contributed by atoms with Gasteiger partial charge in [0.25, 0.3) is 0 Å². The van der Waals surface area contributed by atoms with Crippen molar-refractivity contribution in [1.29, 1.82) is 0 Å². The molecule has 1 heterocycles. The second-order valence-electron chi connectivity index (χ2n) is 2.83. The molecule has 0 spiro atoms. The average Bonchev–Trinajstić information content (AvgIpc) is 2.49. The highest BCUT2D eigenvalue weighted by Gasteiger charge is 2.32. The van der Waals surface area contributed by atoms with Crippen molar-refractivity contribution in [3.05, 3.63) is 27.9 Å². The third-order valence-corrected chi connectivity index (χ3v) is 2.83. The van der Waals surface area contributed by atoms with Gasteiger partial charge in [0.2, 0.25) is 0 Å². The van der Waals surface area contributed by atoms with E-state index in [9.17, 15) is 13.2 Å². The third kappa shape index (κ3) is 2.35. The maximum absolute atomic E-state index is 12.0. The number of alkyl halides is 3. The van der Waals surface area contributed by atoms with Gasteiger partial charge in [0.1, 0.15) is 5.75 Å². The topological polar surface area (TPSA) is 9.23 Å². The van der Waals surface area contributed by atoms with Crippen LogP contribution in [0.2, 0.25) is 5.02 Å². The summed E-state index contributed by atoms with van der Waals surface area (Å²) in [5, 5.41) is 4.98. The van der Waals surface area contributed by atoms with Gasteiger partial charge in [0.15, 0.2) is 0 Å². The van der Waals surface area contributed by atoms with Crippen LogP contribution >= 0.6 is 22.9 Å². The van der Waals surface area contributed by atoms with Gasteiger partial charge in [-0.25, -0.2) is 0 Å². The molecule has 1 nitrogen and oxygen atoms in total. The van der Waals surface area contributed by atoms with Gasteiger partial charge < -0.3 is 4.74 Å². The fourth-order valence-corrected chi connectivity index (χ4v) is 2.15. The van der Waals surface area contributed by atoms with E-state index in [-0.39, 0.29) is 10.8 Å². The molecule has 2 rings (SSSR count). The number of hydrogen-bond donors (Lipinski definition) is 0. The Bertz CT molecular complexity index is 492. The lowest BCUT2D eigenvalue weighted by atomic mass is 10.2. The Kier molecular flexibility index (Phi) is 2.52. The SMILES string of the molecule is FC(F)(F)Oc1cc2cscc2cc1Cl. The Morgan fingerprint density at radius 2 is 1.73 bits per heavy atom. The van der Waals surface area contributed by atoms with E-state index in [1.165, 1.54) is 23.5 Å². The average molecular weight is 253 g/mol. The summed E-state index contributed by atoms with van der Waals surface area (Å²) in [5.74, 6) is -0.366. The smallest absolute Gasteiger partial charge is 0.404 e. The van der Waals surface area contributed by atoms with Gasteiger partial charge in [-0.05, 0) is 33.7 Å². The molecule has 2 aromatic rings. The number of benzene rings is 1. The molecule has 6 heteroatoms. The fraction of sp³-hybridized carbons (Fsp3) is 0.111.